The number of carbonyl (C=O) groups is 1. The van der Waals surface area contributed by atoms with Gasteiger partial charge in [-0.05, 0) is 38.2 Å². The van der Waals surface area contributed by atoms with Crippen LogP contribution in [0.5, 0.6) is 5.75 Å². The van der Waals surface area contributed by atoms with Gasteiger partial charge < -0.3 is 20.7 Å². The third kappa shape index (κ3) is 6.14. The summed E-state index contributed by atoms with van der Waals surface area (Å²) in [5, 5.41) is 2.90. The van der Waals surface area contributed by atoms with E-state index in [-0.39, 0.29) is 11.9 Å². The van der Waals surface area contributed by atoms with Gasteiger partial charge >= 0.3 is 0 Å². The van der Waals surface area contributed by atoms with Crippen molar-refractivity contribution in [2.24, 2.45) is 5.73 Å². The van der Waals surface area contributed by atoms with Crippen LogP contribution in [0, 0.1) is 0 Å². The lowest BCUT2D eigenvalue weighted by atomic mass is 10.1. The summed E-state index contributed by atoms with van der Waals surface area (Å²) in [6.07, 6.45) is 2.16. The molecule has 0 aliphatic heterocycles. The summed E-state index contributed by atoms with van der Waals surface area (Å²) in [4.78, 5) is 14.1. The number of rotatable bonds is 8. The largest absolute Gasteiger partial charge is 0.495 e. The molecule has 5 heteroatoms. The van der Waals surface area contributed by atoms with Crippen LogP contribution in [0.2, 0.25) is 0 Å². The Kier molecular flexibility index (Phi) is 7.19. The summed E-state index contributed by atoms with van der Waals surface area (Å²) in [7, 11) is 5.61. The second kappa shape index (κ2) is 8.64. The van der Waals surface area contributed by atoms with E-state index in [1.165, 1.54) is 0 Å². The third-order valence-electron chi connectivity index (χ3n) is 3.14. The van der Waals surface area contributed by atoms with Gasteiger partial charge in [0.1, 0.15) is 5.75 Å². The fourth-order valence-electron chi connectivity index (χ4n) is 2.23. The van der Waals surface area contributed by atoms with Crippen molar-refractivity contribution in [2.75, 3.05) is 26.5 Å². The molecule has 1 atom stereocenters. The lowest BCUT2D eigenvalue weighted by molar-refractivity contribution is -0.116. The summed E-state index contributed by atoms with van der Waals surface area (Å²) in [5.74, 6) is 0.589. The van der Waals surface area contributed by atoms with Gasteiger partial charge in [-0.2, -0.15) is 0 Å². The van der Waals surface area contributed by atoms with Gasteiger partial charge in [0, 0.05) is 19.0 Å². The summed E-state index contributed by atoms with van der Waals surface area (Å²) in [6.45, 7) is 2.87. The second-order valence-corrected chi connectivity index (χ2v) is 5.57. The number of nitrogens with two attached hydrogens (primary N) is 1. The second-order valence-electron chi connectivity index (χ2n) is 5.57. The standard InChI is InChI=1S/C16H27N3O2/c1-5-6-13(17)10-16(20)18-14-9-12(11-19(2)3)7-8-15(14)21-4/h7-9,13H,5-6,10-11,17H2,1-4H3,(H,18,20). The van der Waals surface area contributed by atoms with Crippen molar-refractivity contribution in [1.82, 2.24) is 4.90 Å². The summed E-state index contributed by atoms with van der Waals surface area (Å²) < 4.78 is 5.30. The molecule has 0 aromatic heterocycles. The van der Waals surface area contributed by atoms with E-state index in [2.05, 4.69) is 17.1 Å². The number of carbonyl (C=O) groups excluding carboxylic acids is 1. The Hall–Kier alpha value is -1.59. The first-order valence-corrected chi connectivity index (χ1v) is 7.33. The summed E-state index contributed by atoms with van der Waals surface area (Å²) in [5.41, 5.74) is 7.73. The Morgan fingerprint density at radius 1 is 1.43 bits per heavy atom. The fraction of sp³-hybridized carbons (Fsp3) is 0.562. The van der Waals surface area contributed by atoms with E-state index in [1.807, 2.05) is 32.3 Å². The van der Waals surface area contributed by atoms with Crippen LogP contribution in [0.15, 0.2) is 18.2 Å². The molecule has 1 amide bonds. The van der Waals surface area contributed by atoms with Crippen LogP contribution in [0.4, 0.5) is 5.69 Å². The van der Waals surface area contributed by atoms with Crippen LogP contribution in [-0.2, 0) is 11.3 Å². The zero-order chi connectivity index (χ0) is 15.8. The molecule has 0 bridgehead atoms. The average Bonchev–Trinajstić information content (AvgIpc) is 2.38. The number of hydrogen-bond donors (Lipinski definition) is 2. The minimum Gasteiger partial charge on any atom is -0.495 e. The minimum absolute atomic E-state index is 0.0729. The highest BCUT2D eigenvalue weighted by Gasteiger charge is 2.12. The predicted octanol–water partition coefficient (Wildman–Crippen LogP) is 2.21. The van der Waals surface area contributed by atoms with Crippen LogP contribution < -0.4 is 15.8 Å². The molecule has 0 radical (unpaired) electrons. The van der Waals surface area contributed by atoms with Crippen LogP contribution >= 0.6 is 0 Å². The summed E-state index contributed by atoms with van der Waals surface area (Å²) >= 11 is 0. The third-order valence-corrected chi connectivity index (χ3v) is 3.14. The predicted molar refractivity (Wildman–Crippen MR) is 86.5 cm³/mol. The van der Waals surface area contributed by atoms with Crippen LogP contribution in [-0.4, -0.2) is 38.1 Å². The summed E-state index contributed by atoms with van der Waals surface area (Å²) in [6, 6.07) is 5.73. The Labute approximate surface area is 127 Å². The molecule has 21 heavy (non-hydrogen) atoms. The Balaban J connectivity index is 2.77. The first-order chi connectivity index (χ1) is 9.96. The Morgan fingerprint density at radius 3 is 2.71 bits per heavy atom. The van der Waals surface area contributed by atoms with E-state index >= 15 is 0 Å². The van der Waals surface area contributed by atoms with Gasteiger partial charge in [-0.15, -0.1) is 0 Å². The van der Waals surface area contributed by atoms with Gasteiger partial charge in [0.2, 0.25) is 5.91 Å². The van der Waals surface area contributed by atoms with Gasteiger partial charge in [0.15, 0.2) is 0 Å². The molecule has 0 fully saturated rings. The minimum atomic E-state index is -0.0917. The SMILES string of the molecule is CCCC(N)CC(=O)Nc1cc(CN(C)C)ccc1OC. The molecular weight excluding hydrogens is 266 g/mol. The molecule has 118 valence electrons. The Bertz CT molecular complexity index is 461. The number of methoxy groups -OCH3 is 1. The number of ether oxygens (including phenoxy) is 1. The van der Waals surface area contributed by atoms with E-state index in [0.29, 0.717) is 17.9 Å². The lowest BCUT2D eigenvalue weighted by Gasteiger charge is -2.15. The van der Waals surface area contributed by atoms with E-state index in [0.717, 1.165) is 24.9 Å². The smallest absolute Gasteiger partial charge is 0.226 e. The maximum Gasteiger partial charge on any atom is 0.226 e. The van der Waals surface area contributed by atoms with E-state index < -0.39 is 0 Å². The molecule has 0 heterocycles. The van der Waals surface area contributed by atoms with E-state index in [9.17, 15) is 4.79 Å². The van der Waals surface area contributed by atoms with Gasteiger partial charge in [-0.1, -0.05) is 19.4 Å². The zero-order valence-electron chi connectivity index (χ0n) is 13.5. The van der Waals surface area contributed by atoms with Gasteiger partial charge in [-0.3, -0.25) is 4.79 Å². The van der Waals surface area contributed by atoms with Crippen molar-refractivity contribution in [1.29, 1.82) is 0 Å². The quantitative estimate of drug-likeness (QED) is 0.771. The van der Waals surface area contributed by atoms with Gasteiger partial charge in [0.05, 0.1) is 12.8 Å². The number of benzene rings is 1. The van der Waals surface area contributed by atoms with Crippen molar-refractivity contribution < 1.29 is 9.53 Å². The number of anilines is 1. The molecule has 1 rings (SSSR count). The maximum absolute atomic E-state index is 12.0. The van der Waals surface area contributed by atoms with Gasteiger partial charge in [0.25, 0.3) is 0 Å². The Morgan fingerprint density at radius 2 is 2.14 bits per heavy atom. The molecule has 0 saturated carbocycles. The molecule has 0 spiro atoms. The highest BCUT2D eigenvalue weighted by molar-refractivity contribution is 5.92. The molecule has 1 aromatic rings. The molecule has 3 N–H and O–H groups in total. The molecule has 1 aromatic carbocycles. The normalized spacial score (nSPS) is 12.3. The monoisotopic (exact) mass is 293 g/mol. The first-order valence-electron chi connectivity index (χ1n) is 7.33. The number of nitrogens with zero attached hydrogens (tertiary/aromatic N) is 1. The van der Waals surface area contributed by atoms with Crippen molar-refractivity contribution >= 4 is 11.6 Å². The van der Waals surface area contributed by atoms with Gasteiger partial charge in [-0.25, -0.2) is 0 Å². The van der Waals surface area contributed by atoms with Crippen molar-refractivity contribution in [2.45, 2.75) is 38.8 Å². The first kappa shape index (κ1) is 17.5. The number of amides is 1. The molecule has 0 saturated heterocycles. The molecule has 0 aliphatic carbocycles. The molecule has 1 unspecified atom stereocenters. The fourth-order valence-corrected chi connectivity index (χ4v) is 2.23. The van der Waals surface area contributed by atoms with Crippen LogP contribution in [0.25, 0.3) is 0 Å². The molecular formula is C16H27N3O2. The zero-order valence-corrected chi connectivity index (χ0v) is 13.5. The van der Waals surface area contributed by atoms with Crippen molar-refractivity contribution in [3.05, 3.63) is 23.8 Å². The van der Waals surface area contributed by atoms with Crippen LogP contribution in [0.1, 0.15) is 31.7 Å². The maximum atomic E-state index is 12.0. The van der Waals surface area contributed by atoms with E-state index in [4.69, 9.17) is 10.5 Å². The molecule has 0 aliphatic rings. The number of hydrogen-bond acceptors (Lipinski definition) is 4. The average molecular weight is 293 g/mol. The highest BCUT2D eigenvalue weighted by atomic mass is 16.5. The topological polar surface area (TPSA) is 67.6 Å². The van der Waals surface area contributed by atoms with Crippen molar-refractivity contribution in [3.8, 4) is 5.75 Å². The highest BCUT2D eigenvalue weighted by Crippen LogP contribution is 2.26. The van der Waals surface area contributed by atoms with Crippen molar-refractivity contribution in [3.63, 3.8) is 0 Å². The molecule has 5 nitrogen and oxygen atoms in total. The van der Waals surface area contributed by atoms with E-state index in [1.54, 1.807) is 7.11 Å². The van der Waals surface area contributed by atoms with Crippen LogP contribution in [0.3, 0.4) is 0 Å². The lowest BCUT2D eigenvalue weighted by Crippen LogP contribution is -2.27. The number of nitrogens with one attached hydrogen (secondary N) is 1.